The maximum Gasteiger partial charge on any atom is 0.362 e. The highest BCUT2D eigenvalue weighted by molar-refractivity contribution is 7.84. The normalized spacial score (nSPS) is 25.1. The van der Waals surface area contributed by atoms with E-state index in [4.69, 9.17) is 4.55 Å². The molecule has 0 aromatic carbocycles. The van der Waals surface area contributed by atoms with Crippen LogP contribution in [-0.4, -0.2) is 42.9 Å². The fraction of sp³-hybridized carbons (Fsp3) is 0.750. The summed E-state index contributed by atoms with van der Waals surface area (Å²) in [5.74, 6) is -0.727. The van der Waals surface area contributed by atoms with Gasteiger partial charge in [-0.2, -0.15) is 8.42 Å². The molecule has 64 valence electrons. The fourth-order valence-corrected chi connectivity index (χ4v) is 1.42. The summed E-state index contributed by atoms with van der Waals surface area (Å²) in [6.45, 7) is -0.103. The zero-order valence-corrected chi connectivity index (χ0v) is 6.54. The van der Waals surface area contributed by atoms with Gasteiger partial charge in [0.1, 0.15) is 0 Å². The molecule has 1 rings (SSSR count). The number of hydrogen-bond acceptors (Lipinski definition) is 4. The highest BCUT2D eigenvalue weighted by Gasteiger charge is 2.43. The average molecular weight is 181 g/mol. The summed E-state index contributed by atoms with van der Waals surface area (Å²) in [6, 6.07) is 0. The molecule has 1 amide bonds. The van der Waals surface area contributed by atoms with Crippen LogP contribution in [0.2, 0.25) is 0 Å². The molecule has 0 saturated carbocycles. The van der Waals surface area contributed by atoms with Crippen molar-refractivity contribution in [2.24, 2.45) is 0 Å². The zero-order valence-electron chi connectivity index (χ0n) is 5.72. The molecule has 0 aromatic heterocycles. The van der Waals surface area contributed by atoms with Crippen LogP contribution in [0.15, 0.2) is 0 Å². The summed E-state index contributed by atoms with van der Waals surface area (Å²) >= 11 is 0. The Morgan fingerprint density at radius 2 is 2.27 bits per heavy atom. The Morgan fingerprint density at radius 3 is 2.55 bits per heavy atom. The molecule has 1 aliphatic rings. The van der Waals surface area contributed by atoms with Gasteiger partial charge in [0.05, 0.1) is 6.54 Å². The number of nitrogens with zero attached hydrogens (tertiary/aromatic N) is 1. The number of carbonyl (C=O) groups is 1. The van der Waals surface area contributed by atoms with E-state index in [2.05, 4.69) is 4.74 Å². The molecule has 1 aliphatic heterocycles. The van der Waals surface area contributed by atoms with E-state index >= 15 is 0 Å². The molecule has 0 aromatic rings. The van der Waals surface area contributed by atoms with Crippen LogP contribution in [0.1, 0.15) is 0 Å². The number of ether oxygens (including phenoxy) is 1. The van der Waals surface area contributed by atoms with Gasteiger partial charge in [0.25, 0.3) is 5.91 Å². The van der Waals surface area contributed by atoms with Crippen molar-refractivity contribution in [3.63, 3.8) is 0 Å². The molecular weight excluding hydrogens is 174 g/mol. The topological polar surface area (TPSA) is 83.9 Å². The van der Waals surface area contributed by atoms with E-state index in [9.17, 15) is 13.2 Å². The van der Waals surface area contributed by atoms with Gasteiger partial charge in [0.15, 0.2) is 6.10 Å². The van der Waals surface area contributed by atoms with Crippen molar-refractivity contribution in [1.82, 2.24) is 4.31 Å². The van der Waals surface area contributed by atoms with Gasteiger partial charge in [0.2, 0.25) is 0 Å². The maximum absolute atomic E-state index is 10.7. The molecule has 1 N–H and O–H groups in total. The first-order chi connectivity index (χ1) is 4.96. The Labute approximate surface area is 63.6 Å². The van der Waals surface area contributed by atoms with Crippen LogP contribution in [0.25, 0.3) is 0 Å². The number of methoxy groups -OCH3 is 1. The minimum absolute atomic E-state index is 0.103. The van der Waals surface area contributed by atoms with Crippen LogP contribution in [0, 0.1) is 0 Å². The molecular formula is C4H7NO5S. The molecule has 1 fully saturated rings. The van der Waals surface area contributed by atoms with Crippen molar-refractivity contribution in [3.05, 3.63) is 0 Å². The molecule has 11 heavy (non-hydrogen) atoms. The minimum Gasteiger partial charge on any atom is -0.370 e. The zero-order chi connectivity index (χ0) is 8.65. The Morgan fingerprint density at radius 1 is 1.73 bits per heavy atom. The third-order valence-corrected chi connectivity index (χ3v) is 2.30. The third kappa shape index (κ3) is 1.35. The van der Waals surface area contributed by atoms with Crippen LogP contribution in [0.3, 0.4) is 0 Å². The average Bonchev–Trinajstić information content (AvgIpc) is 1.83. The largest absolute Gasteiger partial charge is 0.370 e. The van der Waals surface area contributed by atoms with E-state index in [1.807, 2.05) is 0 Å². The molecule has 1 unspecified atom stereocenters. The monoisotopic (exact) mass is 181 g/mol. The van der Waals surface area contributed by atoms with Crippen LogP contribution in [0.4, 0.5) is 0 Å². The van der Waals surface area contributed by atoms with E-state index in [0.29, 0.717) is 4.31 Å². The Hall–Kier alpha value is -0.660. The summed E-state index contributed by atoms with van der Waals surface area (Å²) in [5.41, 5.74) is 0. The summed E-state index contributed by atoms with van der Waals surface area (Å²) < 4.78 is 33.8. The lowest BCUT2D eigenvalue weighted by Crippen LogP contribution is -2.59. The number of carbonyl (C=O) groups excluding carboxylic acids is 1. The first-order valence-electron chi connectivity index (χ1n) is 2.78. The van der Waals surface area contributed by atoms with E-state index in [0.717, 1.165) is 0 Å². The van der Waals surface area contributed by atoms with E-state index < -0.39 is 22.3 Å². The van der Waals surface area contributed by atoms with Gasteiger partial charge in [-0.3, -0.25) is 9.35 Å². The van der Waals surface area contributed by atoms with Gasteiger partial charge in [-0.25, -0.2) is 4.31 Å². The molecule has 7 heteroatoms. The molecule has 0 radical (unpaired) electrons. The second-order valence-electron chi connectivity index (χ2n) is 2.07. The molecule has 1 saturated heterocycles. The quantitative estimate of drug-likeness (QED) is 0.420. The molecule has 6 nitrogen and oxygen atoms in total. The van der Waals surface area contributed by atoms with Crippen LogP contribution >= 0.6 is 0 Å². The Bertz CT molecular complexity index is 270. The smallest absolute Gasteiger partial charge is 0.362 e. The van der Waals surface area contributed by atoms with Gasteiger partial charge < -0.3 is 4.74 Å². The molecule has 0 spiro atoms. The maximum atomic E-state index is 10.7. The summed E-state index contributed by atoms with van der Waals surface area (Å²) in [5, 5.41) is 0. The van der Waals surface area contributed by atoms with Crippen molar-refractivity contribution in [2.75, 3.05) is 13.7 Å². The van der Waals surface area contributed by atoms with Gasteiger partial charge >= 0.3 is 10.3 Å². The van der Waals surface area contributed by atoms with Gasteiger partial charge in [-0.05, 0) is 0 Å². The fourth-order valence-electron chi connectivity index (χ4n) is 0.750. The molecule has 1 atom stereocenters. The number of rotatable bonds is 2. The molecule has 0 aliphatic carbocycles. The van der Waals surface area contributed by atoms with Crippen LogP contribution in [0.5, 0.6) is 0 Å². The molecule has 0 bridgehead atoms. The van der Waals surface area contributed by atoms with E-state index in [1.165, 1.54) is 7.11 Å². The second kappa shape index (κ2) is 2.43. The lowest BCUT2D eigenvalue weighted by atomic mass is 10.2. The van der Waals surface area contributed by atoms with Crippen molar-refractivity contribution in [2.45, 2.75) is 6.10 Å². The lowest BCUT2D eigenvalue weighted by molar-refractivity contribution is -0.150. The number of β-lactam (4-membered cyclic amide) rings is 1. The highest BCUT2D eigenvalue weighted by Crippen LogP contribution is 2.15. The van der Waals surface area contributed by atoms with Crippen LogP contribution in [-0.2, 0) is 19.8 Å². The molecule has 1 heterocycles. The third-order valence-electron chi connectivity index (χ3n) is 1.42. The van der Waals surface area contributed by atoms with E-state index in [1.54, 1.807) is 0 Å². The Balaban J connectivity index is 2.66. The standard InChI is InChI=1S/C4H7NO5S/c1-10-3-2-5(4(3)6)11(7,8)9/h3H,2H2,1H3,(H,7,8,9). The summed E-state index contributed by atoms with van der Waals surface area (Å²) in [7, 11) is -3.06. The van der Waals surface area contributed by atoms with Crippen molar-refractivity contribution >= 4 is 16.2 Å². The van der Waals surface area contributed by atoms with E-state index in [-0.39, 0.29) is 6.54 Å². The minimum atomic E-state index is -4.35. The SMILES string of the molecule is COC1CN(S(=O)(=O)O)C1=O. The van der Waals surface area contributed by atoms with Gasteiger partial charge in [-0.1, -0.05) is 0 Å². The first-order valence-corrected chi connectivity index (χ1v) is 4.18. The second-order valence-corrected chi connectivity index (χ2v) is 3.41. The highest BCUT2D eigenvalue weighted by atomic mass is 32.2. The van der Waals surface area contributed by atoms with Gasteiger partial charge in [0, 0.05) is 7.11 Å². The summed E-state index contributed by atoms with van der Waals surface area (Å²) in [4.78, 5) is 10.7. The number of amides is 1. The predicted molar refractivity (Wildman–Crippen MR) is 34.1 cm³/mol. The van der Waals surface area contributed by atoms with Crippen molar-refractivity contribution < 1.29 is 22.5 Å². The lowest BCUT2D eigenvalue weighted by Gasteiger charge is -2.33. The Kier molecular flexibility index (Phi) is 1.87. The van der Waals surface area contributed by atoms with Crippen LogP contribution < -0.4 is 0 Å². The predicted octanol–water partition coefficient (Wildman–Crippen LogP) is -1.35. The van der Waals surface area contributed by atoms with Crippen molar-refractivity contribution in [3.8, 4) is 0 Å². The number of hydrogen-bond donors (Lipinski definition) is 1. The summed E-state index contributed by atoms with van der Waals surface area (Å²) in [6.07, 6.45) is -0.725. The van der Waals surface area contributed by atoms with Gasteiger partial charge in [-0.15, -0.1) is 0 Å². The first kappa shape index (κ1) is 8.44. The van der Waals surface area contributed by atoms with Crippen molar-refractivity contribution in [1.29, 1.82) is 0 Å².